The Balaban J connectivity index is 2.30. The van der Waals surface area contributed by atoms with E-state index in [0.717, 1.165) is 5.56 Å². The topological polar surface area (TPSA) is 85.2 Å². The summed E-state index contributed by atoms with van der Waals surface area (Å²) in [5.74, 6) is 0.605. The Morgan fingerprint density at radius 1 is 1.47 bits per heavy atom. The van der Waals surface area contributed by atoms with Gasteiger partial charge < -0.3 is 15.4 Å². The van der Waals surface area contributed by atoms with Crippen LogP contribution in [0.3, 0.4) is 0 Å². The van der Waals surface area contributed by atoms with Crippen molar-refractivity contribution in [3.8, 4) is 11.4 Å². The Morgan fingerprint density at radius 3 is 2.88 bits per heavy atom. The number of hydrogen-bond donors (Lipinski definition) is 2. The van der Waals surface area contributed by atoms with Crippen molar-refractivity contribution < 1.29 is 9.63 Å². The summed E-state index contributed by atoms with van der Waals surface area (Å²) in [6, 6.07) is 6.41. The highest BCUT2D eigenvalue weighted by Crippen LogP contribution is 2.21. The van der Waals surface area contributed by atoms with Gasteiger partial charge in [0.1, 0.15) is 6.04 Å². The highest BCUT2D eigenvalue weighted by molar-refractivity contribution is 6.30. The molecule has 2 aromatic rings. The summed E-state index contributed by atoms with van der Waals surface area (Å²) in [6.45, 7) is 1.56. The van der Waals surface area contributed by atoms with Gasteiger partial charge in [0.25, 0.3) is 0 Å². The molecule has 0 saturated carbocycles. The summed E-state index contributed by atoms with van der Waals surface area (Å²) in [7, 11) is 0. The molecule has 2 atom stereocenters. The third-order valence-corrected chi connectivity index (χ3v) is 2.56. The van der Waals surface area contributed by atoms with E-state index in [9.17, 15) is 5.11 Å². The fourth-order valence-corrected chi connectivity index (χ4v) is 1.51. The van der Waals surface area contributed by atoms with Gasteiger partial charge in [-0.1, -0.05) is 28.9 Å². The van der Waals surface area contributed by atoms with E-state index in [0.29, 0.717) is 10.8 Å². The lowest BCUT2D eigenvalue weighted by Crippen LogP contribution is -2.23. The summed E-state index contributed by atoms with van der Waals surface area (Å²) in [5.41, 5.74) is 6.43. The van der Waals surface area contributed by atoms with E-state index < -0.39 is 12.1 Å². The van der Waals surface area contributed by atoms with Gasteiger partial charge in [-0.2, -0.15) is 4.98 Å². The van der Waals surface area contributed by atoms with Crippen molar-refractivity contribution in [2.45, 2.75) is 19.1 Å². The summed E-state index contributed by atoms with van der Waals surface area (Å²) in [4.78, 5) is 4.12. The van der Waals surface area contributed by atoms with Crippen LogP contribution < -0.4 is 5.73 Å². The number of aliphatic hydroxyl groups is 1. The van der Waals surface area contributed by atoms with Crippen molar-refractivity contribution >= 4 is 11.6 Å². The van der Waals surface area contributed by atoms with E-state index in [1.165, 1.54) is 0 Å². The van der Waals surface area contributed by atoms with Gasteiger partial charge in [-0.05, 0) is 19.1 Å². The molecular formula is C11H12ClN3O2. The van der Waals surface area contributed by atoms with Crippen LogP contribution in [0.5, 0.6) is 0 Å². The summed E-state index contributed by atoms with van der Waals surface area (Å²) >= 11 is 5.86. The lowest BCUT2D eigenvalue weighted by molar-refractivity contribution is 0.146. The zero-order chi connectivity index (χ0) is 12.4. The number of benzene rings is 1. The Labute approximate surface area is 103 Å². The zero-order valence-corrected chi connectivity index (χ0v) is 9.93. The first-order valence-corrected chi connectivity index (χ1v) is 5.49. The molecule has 17 heavy (non-hydrogen) atoms. The van der Waals surface area contributed by atoms with Gasteiger partial charge >= 0.3 is 0 Å². The van der Waals surface area contributed by atoms with Crippen LogP contribution in [-0.2, 0) is 0 Å². The number of aliphatic hydroxyl groups excluding tert-OH is 1. The van der Waals surface area contributed by atoms with E-state index >= 15 is 0 Å². The molecule has 2 rings (SSSR count). The van der Waals surface area contributed by atoms with Crippen molar-refractivity contribution in [3.63, 3.8) is 0 Å². The van der Waals surface area contributed by atoms with Crippen LogP contribution in [-0.4, -0.2) is 21.4 Å². The molecule has 1 heterocycles. The average molecular weight is 254 g/mol. The first kappa shape index (κ1) is 12.0. The van der Waals surface area contributed by atoms with E-state index in [1.54, 1.807) is 25.1 Å². The Hall–Kier alpha value is -1.43. The molecule has 5 nitrogen and oxygen atoms in total. The van der Waals surface area contributed by atoms with Crippen LogP contribution in [0, 0.1) is 0 Å². The molecule has 1 aromatic carbocycles. The molecule has 0 aliphatic carbocycles. The Bertz CT molecular complexity index is 513. The molecule has 90 valence electrons. The molecule has 0 bridgehead atoms. The maximum absolute atomic E-state index is 9.32. The van der Waals surface area contributed by atoms with Crippen LogP contribution in [0.25, 0.3) is 11.4 Å². The van der Waals surface area contributed by atoms with Gasteiger partial charge in [-0.15, -0.1) is 0 Å². The third kappa shape index (κ3) is 2.63. The maximum Gasteiger partial charge on any atom is 0.246 e. The highest BCUT2D eigenvalue weighted by atomic mass is 35.5. The molecule has 0 fully saturated rings. The van der Waals surface area contributed by atoms with Gasteiger partial charge in [-0.25, -0.2) is 0 Å². The minimum Gasteiger partial charge on any atom is -0.391 e. The van der Waals surface area contributed by atoms with Crippen molar-refractivity contribution in [3.05, 3.63) is 35.2 Å². The van der Waals surface area contributed by atoms with Gasteiger partial charge in [0.2, 0.25) is 11.7 Å². The first-order valence-electron chi connectivity index (χ1n) is 5.11. The van der Waals surface area contributed by atoms with Crippen LogP contribution in [0.1, 0.15) is 18.9 Å². The lowest BCUT2D eigenvalue weighted by atomic mass is 10.2. The second kappa shape index (κ2) is 4.83. The normalized spacial score (nSPS) is 14.6. The molecular weight excluding hydrogens is 242 g/mol. The second-order valence-electron chi connectivity index (χ2n) is 3.73. The molecule has 0 unspecified atom stereocenters. The number of nitrogens with two attached hydrogens (primary N) is 1. The molecule has 0 spiro atoms. The largest absolute Gasteiger partial charge is 0.391 e. The monoisotopic (exact) mass is 253 g/mol. The SMILES string of the molecule is C[C@@H](O)[C@H](N)c1nc(-c2cccc(Cl)c2)no1. The summed E-state index contributed by atoms with van der Waals surface area (Å²) in [5, 5.41) is 13.7. The van der Waals surface area contributed by atoms with Gasteiger partial charge in [0.05, 0.1) is 6.10 Å². The first-order chi connectivity index (χ1) is 8.08. The minimum absolute atomic E-state index is 0.204. The van der Waals surface area contributed by atoms with Crippen molar-refractivity contribution in [1.82, 2.24) is 10.1 Å². The predicted octanol–water partition coefficient (Wildman–Crippen LogP) is 1.77. The number of nitrogens with zero attached hydrogens (tertiary/aromatic N) is 2. The average Bonchev–Trinajstić information content (AvgIpc) is 2.77. The highest BCUT2D eigenvalue weighted by Gasteiger charge is 2.19. The molecule has 0 amide bonds. The fraction of sp³-hybridized carbons (Fsp3) is 0.273. The Morgan fingerprint density at radius 2 is 2.24 bits per heavy atom. The summed E-state index contributed by atoms with van der Waals surface area (Å²) in [6.07, 6.45) is -0.748. The van der Waals surface area contributed by atoms with E-state index in [4.69, 9.17) is 21.9 Å². The number of rotatable bonds is 3. The number of halogens is 1. The maximum atomic E-state index is 9.32. The fourth-order valence-electron chi connectivity index (χ4n) is 1.32. The van der Waals surface area contributed by atoms with Gasteiger partial charge in [0.15, 0.2) is 0 Å². The number of hydrogen-bond acceptors (Lipinski definition) is 5. The van der Waals surface area contributed by atoms with Gasteiger partial charge in [0, 0.05) is 10.6 Å². The van der Waals surface area contributed by atoms with Crippen LogP contribution in [0.15, 0.2) is 28.8 Å². The molecule has 3 N–H and O–H groups in total. The van der Waals surface area contributed by atoms with Crippen molar-refractivity contribution in [1.29, 1.82) is 0 Å². The molecule has 0 aliphatic heterocycles. The quantitative estimate of drug-likeness (QED) is 0.871. The molecule has 0 saturated heterocycles. The standard InChI is InChI=1S/C11H12ClN3O2/c1-6(16)9(13)11-14-10(15-17-11)7-3-2-4-8(12)5-7/h2-6,9,16H,13H2,1H3/t6-,9+/m1/s1. The number of aromatic nitrogens is 2. The van der Waals surface area contributed by atoms with Crippen LogP contribution in [0.2, 0.25) is 5.02 Å². The summed E-state index contributed by atoms with van der Waals surface area (Å²) < 4.78 is 4.99. The van der Waals surface area contributed by atoms with E-state index in [-0.39, 0.29) is 5.89 Å². The smallest absolute Gasteiger partial charge is 0.246 e. The minimum atomic E-state index is -0.748. The van der Waals surface area contributed by atoms with Crippen LogP contribution >= 0.6 is 11.6 Å². The molecule has 6 heteroatoms. The second-order valence-corrected chi connectivity index (χ2v) is 4.17. The lowest BCUT2D eigenvalue weighted by Gasteiger charge is -2.08. The zero-order valence-electron chi connectivity index (χ0n) is 9.17. The molecule has 0 aliphatic rings. The van der Waals surface area contributed by atoms with Crippen molar-refractivity contribution in [2.24, 2.45) is 5.73 Å². The van der Waals surface area contributed by atoms with E-state index in [2.05, 4.69) is 10.1 Å². The predicted molar refractivity (Wildman–Crippen MR) is 63.4 cm³/mol. The van der Waals surface area contributed by atoms with E-state index in [1.807, 2.05) is 6.07 Å². The van der Waals surface area contributed by atoms with Crippen molar-refractivity contribution in [2.75, 3.05) is 0 Å². The van der Waals surface area contributed by atoms with Gasteiger partial charge in [-0.3, -0.25) is 0 Å². The molecule has 0 radical (unpaired) electrons. The van der Waals surface area contributed by atoms with Crippen LogP contribution in [0.4, 0.5) is 0 Å². The Kier molecular flexibility index (Phi) is 3.42. The third-order valence-electron chi connectivity index (χ3n) is 2.33. The molecule has 1 aromatic heterocycles.